The molecule has 0 saturated carbocycles. The summed E-state index contributed by atoms with van der Waals surface area (Å²) in [5.74, 6) is -1.06. The Hall–Kier alpha value is -3.68. The summed E-state index contributed by atoms with van der Waals surface area (Å²) in [6.07, 6.45) is 0. The van der Waals surface area contributed by atoms with Crippen molar-refractivity contribution in [3.8, 4) is 11.1 Å². The summed E-state index contributed by atoms with van der Waals surface area (Å²) in [6.45, 7) is 1.70. The van der Waals surface area contributed by atoms with E-state index >= 15 is 0 Å². The lowest BCUT2D eigenvalue weighted by Gasteiger charge is -2.11. The molecule has 8 heteroatoms. The van der Waals surface area contributed by atoms with Crippen molar-refractivity contribution >= 4 is 11.9 Å². The zero-order chi connectivity index (χ0) is 20.8. The van der Waals surface area contributed by atoms with Crippen molar-refractivity contribution in [1.29, 1.82) is 0 Å². The molecule has 0 saturated heterocycles. The molecule has 0 spiro atoms. The maximum Gasteiger partial charge on any atom is 0.322 e. The van der Waals surface area contributed by atoms with Crippen LogP contribution in [0.3, 0.4) is 0 Å². The molecule has 4 N–H and O–H groups in total. The first-order chi connectivity index (χ1) is 13.9. The number of carboxylic acid groups (broad SMARTS) is 1. The number of hydrogen-bond donors (Lipinski definition) is 3. The first kappa shape index (κ1) is 20.1. The normalized spacial score (nSPS) is 12.6. The molecule has 7 nitrogen and oxygen atoms in total. The van der Waals surface area contributed by atoms with Gasteiger partial charge in [0.05, 0.1) is 5.69 Å². The van der Waals surface area contributed by atoms with Crippen molar-refractivity contribution in [2.75, 3.05) is 6.54 Å². The second-order valence-corrected chi connectivity index (χ2v) is 6.49. The smallest absolute Gasteiger partial charge is 0.322 e. The third kappa shape index (κ3) is 5.19. The van der Waals surface area contributed by atoms with E-state index in [1.54, 1.807) is 12.1 Å². The van der Waals surface area contributed by atoms with E-state index < -0.39 is 5.97 Å². The van der Waals surface area contributed by atoms with E-state index in [0.29, 0.717) is 17.0 Å². The predicted octanol–water partition coefficient (Wildman–Crippen LogP) is 3.12. The summed E-state index contributed by atoms with van der Waals surface area (Å²) >= 11 is 0. The van der Waals surface area contributed by atoms with Gasteiger partial charge in [-0.05, 0) is 17.2 Å². The molecule has 3 aromatic rings. The van der Waals surface area contributed by atoms with Crippen LogP contribution in [-0.2, 0) is 11.3 Å². The van der Waals surface area contributed by atoms with Crippen molar-refractivity contribution < 1.29 is 18.8 Å². The Morgan fingerprint density at radius 2 is 2.03 bits per heavy atom. The van der Waals surface area contributed by atoms with Gasteiger partial charge in [-0.15, -0.1) is 0 Å². The molecule has 0 radical (unpaired) electrons. The Bertz CT molecular complexity index is 1020. The minimum Gasteiger partial charge on any atom is -0.480 e. The summed E-state index contributed by atoms with van der Waals surface area (Å²) < 4.78 is 19.9. The van der Waals surface area contributed by atoms with Crippen molar-refractivity contribution in [3.05, 3.63) is 77.4 Å². The van der Waals surface area contributed by atoms with Gasteiger partial charge in [0.2, 0.25) is 0 Å². The van der Waals surface area contributed by atoms with Crippen molar-refractivity contribution in [3.63, 3.8) is 0 Å². The fourth-order valence-electron chi connectivity index (χ4n) is 2.82. The number of nitrogens with two attached hydrogens (primary N) is 1. The van der Waals surface area contributed by atoms with Crippen molar-refractivity contribution in [2.45, 2.75) is 19.4 Å². The van der Waals surface area contributed by atoms with Crippen LogP contribution in [0.5, 0.6) is 0 Å². The number of benzene rings is 2. The summed E-state index contributed by atoms with van der Waals surface area (Å²) in [4.78, 5) is 14.5. The lowest BCUT2D eigenvalue weighted by molar-refractivity contribution is -0.135. The number of nitrogens with zero attached hydrogens (tertiary/aromatic N) is 2. The Balaban J connectivity index is 1.70. The highest BCUT2D eigenvalue weighted by molar-refractivity contribution is 5.82. The van der Waals surface area contributed by atoms with Crippen LogP contribution < -0.4 is 11.1 Å². The van der Waals surface area contributed by atoms with Gasteiger partial charge in [-0.25, -0.2) is 9.38 Å². The zero-order valence-electron chi connectivity index (χ0n) is 15.8. The molecule has 1 heterocycles. The maximum absolute atomic E-state index is 14.6. The van der Waals surface area contributed by atoms with E-state index in [1.807, 2.05) is 43.3 Å². The minimum absolute atomic E-state index is 0.00281. The fraction of sp³-hybridized carbons (Fsp3) is 0.190. The third-order valence-electron chi connectivity index (χ3n) is 4.42. The average Bonchev–Trinajstić information content (AvgIpc) is 3.19. The molecule has 0 aliphatic rings. The third-order valence-corrected chi connectivity index (χ3v) is 4.42. The number of aliphatic carboxylic acids is 1. The van der Waals surface area contributed by atoms with Crippen LogP contribution in [0.15, 0.2) is 64.1 Å². The highest BCUT2D eigenvalue weighted by Gasteiger charge is 2.16. The number of aromatic nitrogens is 1. The quantitative estimate of drug-likeness (QED) is 0.418. The van der Waals surface area contributed by atoms with Crippen LogP contribution in [0, 0.1) is 5.82 Å². The fourth-order valence-corrected chi connectivity index (χ4v) is 2.82. The monoisotopic (exact) mass is 396 g/mol. The van der Waals surface area contributed by atoms with Crippen LogP contribution in [0.4, 0.5) is 4.39 Å². The Kier molecular flexibility index (Phi) is 6.23. The standard InChI is InChI=1S/C21H21FN4O3/c1-13(15-7-8-17(18(22)9-15)14-5-3-2-4-6-14)19-10-16(29-26-19)11-24-21(23)25-12-20(27)28/h2-10,13H,11-12H2,1H3,(H,27,28)(H3,23,24,25). The number of nitrogens with one attached hydrogen (secondary N) is 1. The zero-order valence-corrected chi connectivity index (χ0v) is 15.8. The van der Waals surface area contributed by atoms with Gasteiger partial charge >= 0.3 is 5.97 Å². The number of guanidine groups is 1. The van der Waals surface area contributed by atoms with Crippen molar-refractivity contribution in [1.82, 2.24) is 10.5 Å². The van der Waals surface area contributed by atoms with Gasteiger partial charge in [-0.2, -0.15) is 0 Å². The summed E-state index contributed by atoms with van der Waals surface area (Å²) in [5, 5.41) is 15.1. The van der Waals surface area contributed by atoms with Gasteiger partial charge in [0.15, 0.2) is 11.7 Å². The molecule has 0 aliphatic carbocycles. The largest absolute Gasteiger partial charge is 0.480 e. The Labute approximate surface area is 167 Å². The number of rotatable bonds is 7. The van der Waals surface area contributed by atoms with Crippen molar-refractivity contribution in [2.24, 2.45) is 10.7 Å². The van der Waals surface area contributed by atoms with E-state index in [0.717, 1.165) is 11.1 Å². The lowest BCUT2D eigenvalue weighted by Crippen LogP contribution is -2.35. The number of carboxylic acids is 1. The molecule has 0 fully saturated rings. The first-order valence-electron chi connectivity index (χ1n) is 9.00. The Morgan fingerprint density at radius 1 is 1.28 bits per heavy atom. The highest BCUT2D eigenvalue weighted by atomic mass is 19.1. The van der Waals surface area contributed by atoms with Gasteiger partial charge in [-0.1, -0.05) is 54.5 Å². The Morgan fingerprint density at radius 3 is 2.72 bits per heavy atom. The second-order valence-electron chi connectivity index (χ2n) is 6.49. The molecule has 1 aromatic heterocycles. The average molecular weight is 396 g/mol. The molecule has 1 unspecified atom stereocenters. The molecule has 0 aliphatic heterocycles. The van der Waals surface area contributed by atoms with E-state index in [-0.39, 0.29) is 30.8 Å². The van der Waals surface area contributed by atoms with Crippen LogP contribution in [0.1, 0.15) is 29.9 Å². The highest BCUT2D eigenvalue weighted by Crippen LogP contribution is 2.29. The summed E-state index contributed by atoms with van der Waals surface area (Å²) in [7, 11) is 0. The molecule has 29 heavy (non-hydrogen) atoms. The second kappa shape index (κ2) is 9.01. The number of halogens is 1. The minimum atomic E-state index is -1.04. The van der Waals surface area contributed by atoms with Gasteiger partial charge in [0.1, 0.15) is 18.9 Å². The first-order valence-corrected chi connectivity index (χ1v) is 9.00. The predicted molar refractivity (Wildman–Crippen MR) is 107 cm³/mol. The molecular weight excluding hydrogens is 375 g/mol. The number of hydrogen-bond acceptors (Lipinski definition) is 4. The van der Waals surface area contributed by atoms with E-state index in [2.05, 4.69) is 15.5 Å². The SMILES string of the molecule is CC(c1ccc(-c2ccccc2)c(F)c1)c1cc(CN=C(N)NCC(=O)O)on1. The lowest BCUT2D eigenvalue weighted by atomic mass is 9.94. The van der Waals surface area contributed by atoms with E-state index in [1.165, 1.54) is 6.07 Å². The molecule has 0 amide bonds. The molecule has 0 bridgehead atoms. The van der Waals surface area contributed by atoms with Gasteiger partial charge in [-0.3, -0.25) is 4.79 Å². The van der Waals surface area contributed by atoms with E-state index in [9.17, 15) is 9.18 Å². The van der Waals surface area contributed by atoms with Crippen LogP contribution in [0.25, 0.3) is 11.1 Å². The van der Waals surface area contributed by atoms with Crippen LogP contribution in [0.2, 0.25) is 0 Å². The molecular formula is C21H21FN4O3. The maximum atomic E-state index is 14.6. The molecule has 2 aromatic carbocycles. The van der Waals surface area contributed by atoms with Gasteiger partial charge < -0.3 is 20.7 Å². The van der Waals surface area contributed by atoms with Gasteiger partial charge in [0, 0.05) is 17.5 Å². The van der Waals surface area contributed by atoms with Gasteiger partial charge in [0.25, 0.3) is 0 Å². The number of carbonyl (C=O) groups is 1. The van der Waals surface area contributed by atoms with Crippen LogP contribution >= 0.6 is 0 Å². The molecule has 3 rings (SSSR count). The summed E-state index contributed by atoms with van der Waals surface area (Å²) in [6, 6.07) is 16.2. The molecule has 150 valence electrons. The summed E-state index contributed by atoms with van der Waals surface area (Å²) in [5.41, 5.74) is 8.35. The number of aliphatic imine (C=N–C) groups is 1. The molecule has 1 atom stereocenters. The topological polar surface area (TPSA) is 114 Å². The van der Waals surface area contributed by atoms with E-state index in [4.69, 9.17) is 15.4 Å². The van der Waals surface area contributed by atoms with Crippen LogP contribution in [-0.4, -0.2) is 28.7 Å².